The molecule has 0 aliphatic carbocycles. The van der Waals surface area contributed by atoms with Crippen LogP contribution in [0.4, 0.5) is 0 Å². The molecule has 4 heteroatoms. The molecule has 0 aliphatic heterocycles. The molecule has 102 valence electrons. The van der Waals surface area contributed by atoms with Gasteiger partial charge in [0, 0.05) is 18.8 Å². The van der Waals surface area contributed by atoms with Gasteiger partial charge in [-0.1, -0.05) is 25.1 Å². The summed E-state index contributed by atoms with van der Waals surface area (Å²) in [7, 11) is 3.87. The lowest BCUT2D eigenvalue weighted by atomic mass is 10.0. The van der Waals surface area contributed by atoms with Crippen molar-refractivity contribution in [3.63, 3.8) is 0 Å². The maximum Gasteiger partial charge on any atom is 0.124 e. The predicted octanol–water partition coefficient (Wildman–Crippen LogP) is 2.52. The Kier molecular flexibility index (Phi) is 4.58. The van der Waals surface area contributed by atoms with Gasteiger partial charge in [0.1, 0.15) is 5.75 Å². The van der Waals surface area contributed by atoms with Gasteiger partial charge >= 0.3 is 0 Å². The number of para-hydroxylation sites is 1. The van der Waals surface area contributed by atoms with Gasteiger partial charge in [-0.2, -0.15) is 5.10 Å². The van der Waals surface area contributed by atoms with Crippen molar-refractivity contribution >= 4 is 0 Å². The number of nitrogens with zero attached hydrogens (tertiary/aromatic N) is 2. The molecular formula is C15H21N3O. The third-order valence-electron chi connectivity index (χ3n) is 3.01. The van der Waals surface area contributed by atoms with Crippen molar-refractivity contribution in [1.29, 1.82) is 0 Å². The van der Waals surface area contributed by atoms with E-state index in [1.165, 1.54) is 0 Å². The van der Waals surface area contributed by atoms with Crippen molar-refractivity contribution in [2.75, 3.05) is 13.7 Å². The highest BCUT2D eigenvalue weighted by molar-refractivity contribution is 5.39. The van der Waals surface area contributed by atoms with Crippen LogP contribution in [0.25, 0.3) is 0 Å². The van der Waals surface area contributed by atoms with E-state index < -0.39 is 0 Å². The fourth-order valence-electron chi connectivity index (χ4n) is 2.11. The van der Waals surface area contributed by atoms with E-state index in [1.807, 2.05) is 49.2 Å². The number of benzene rings is 1. The summed E-state index contributed by atoms with van der Waals surface area (Å²) >= 11 is 0. The van der Waals surface area contributed by atoms with E-state index in [-0.39, 0.29) is 6.04 Å². The van der Waals surface area contributed by atoms with Gasteiger partial charge in [0.05, 0.1) is 18.3 Å². The molecule has 1 heterocycles. The van der Waals surface area contributed by atoms with E-state index >= 15 is 0 Å². The molecule has 1 unspecified atom stereocenters. The molecule has 2 rings (SSSR count). The van der Waals surface area contributed by atoms with Crippen LogP contribution in [0.15, 0.2) is 36.5 Å². The van der Waals surface area contributed by atoms with E-state index in [4.69, 9.17) is 4.74 Å². The van der Waals surface area contributed by atoms with Crippen molar-refractivity contribution in [2.24, 2.45) is 7.05 Å². The Morgan fingerprint density at radius 3 is 2.74 bits per heavy atom. The first kappa shape index (κ1) is 13.6. The van der Waals surface area contributed by atoms with Crippen LogP contribution in [0.2, 0.25) is 0 Å². The first-order valence-corrected chi connectivity index (χ1v) is 6.64. The van der Waals surface area contributed by atoms with Gasteiger partial charge in [0.25, 0.3) is 0 Å². The Labute approximate surface area is 114 Å². The normalized spacial score (nSPS) is 12.4. The molecule has 4 nitrogen and oxygen atoms in total. The molecule has 1 aromatic carbocycles. The van der Waals surface area contributed by atoms with E-state index in [1.54, 1.807) is 0 Å². The Balaban J connectivity index is 2.32. The zero-order valence-electron chi connectivity index (χ0n) is 11.8. The predicted molar refractivity (Wildman–Crippen MR) is 76.3 cm³/mol. The average Bonchev–Trinajstić information content (AvgIpc) is 2.85. The van der Waals surface area contributed by atoms with Crippen LogP contribution in [0.1, 0.15) is 30.6 Å². The van der Waals surface area contributed by atoms with Crippen LogP contribution in [0.3, 0.4) is 0 Å². The molecule has 2 aromatic rings. The van der Waals surface area contributed by atoms with E-state index in [2.05, 4.69) is 23.4 Å². The Morgan fingerprint density at radius 1 is 1.32 bits per heavy atom. The smallest absolute Gasteiger partial charge is 0.124 e. The molecule has 1 atom stereocenters. The molecule has 0 saturated heterocycles. The summed E-state index contributed by atoms with van der Waals surface area (Å²) in [5.74, 6) is 0.925. The average molecular weight is 259 g/mol. The number of aromatic nitrogens is 2. The van der Waals surface area contributed by atoms with Gasteiger partial charge in [-0.25, -0.2) is 0 Å². The fourth-order valence-corrected chi connectivity index (χ4v) is 2.11. The molecule has 0 aliphatic rings. The Bertz CT molecular complexity index is 522. The molecule has 0 bridgehead atoms. The molecule has 1 N–H and O–H groups in total. The van der Waals surface area contributed by atoms with Crippen molar-refractivity contribution in [2.45, 2.75) is 19.4 Å². The van der Waals surface area contributed by atoms with E-state index in [0.29, 0.717) is 0 Å². The minimum atomic E-state index is 0.0502. The second kappa shape index (κ2) is 6.38. The minimum Gasteiger partial charge on any atom is -0.493 e. The molecule has 19 heavy (non-hydrogen) atoms. The highest BCUT2D eigenvalue weighted by Gasteiger charge is 2.18. The lowest BCUT2D eigenvalue weighted by Crippen LogP contribution is -2.19. The number of aryl methyl sites for hydroxylation is 1. The van der Waals surface area contributed by atoms with Crippen LogP contribution in [-0.4, -0.2) is 23.4 Å². The van der Waals surface area contributed by atoms with Crippen LogP contribution in [0.5, 0.6) is 5.75 Å². The molecule has 0 fully saturated rings. The SMILES string of the molecule is CCCOc1ccccc1C(NC)c1ccn(C)n1. The first-order valence-electron chi connectivity index (χ1n) is 6.64. The van der Waals surface area contributed by atoms with Gasteiger partial charge in [0.2, 0.25) is 0 Å². The number of ether oxygens (including phenoxy) is 1. The number of nitrogens with one attached hydrogen (secondary N) is 1. The summed E-state index contributed by atoms with van der Waals surface area (Å²) in [6, 6.07) is 10.2. The quantitative estimate of drug-likeness (QED) is 0.866. The van der Waals surface area contributed by atoms with Gasteiger partial charge in [0.15, 0.2) is 0 Å². The van der Waals surface area contributed by atoms with Crippen molar-refractivity contribution in [3.05, 3.63) is 47.8 Å². The van der Waals surface area contributed by atoms with Crippen LogP contribution < -0.4 is 10.1 Å². The lowest BCUT2D eigenvalue weighted by molar-refractivity contribution is 0.312. The summed E-state index contributed by atoms with van der Waals surface area (Å²) in [6.45, 7) is 2.84. The maximum absolute atomic E-state index is 5.82. The standard InChI is InChI=1S/C15H21N3O/c1-4-11-19-14-8-6-5-7-12(14)15(16-2)13-9-10-18(3)17-13/h5-10,15-16H,4,11H2,1-3H3. The van der Waals surface area contributed by atoms with E-state index in [9.17, 15) is 0 Å². The third-order valence-corrected chi connectivity index (χ3v) is 3.01. The largest absolute Gasteiger partial charge is 0.493 e. The Morgan fingerprint density at radius 2 is 2.11 bits per heavy atom. The van der Waals surface area contributed by atoms with Crippen LogP contribution in [0, 0.1) is 0 Å². The topological polar surface area (TPSA) is 39.1 Å². The Hall–Kier alpha value is -1.81. The summed E-state index contributed by atoms with van der Waals surface area (Å²) in [5, 5.41) is 7.79. The molecule has 0 radical (unpaired) electrons. The highest BCUT2D eigenvalue weighted by atomic mass is 16.5. The van der Waals surface area contributed by atoms with Crippen molar-refractivity contribution < 1.29 is 4.74 Å². The summed E-state index contributed by atoms with van der Waals surface area (Å²) in [4.78, 5) is 0. The minimum absolute atomic E-state index is 0.0502. The van der Waals surface area contributed by atoms with Crippen LogP contribution >= 0.6 is 0 Å². The summed E-state index contributed by atoms with van der Waals surface area (Å²) in [5.41, 5.74) is 2.12. The zero-order valence-corrected chi connectivity index (χ0v) is 11.8. The molecule has 1 aromatic heterocycles. The number of hydrogen-bond donors (Lipinski definition) is 1. The molecule has 0 spiro atoms. The second-order valence-corrected chi connectivity index (χ2v) is 4.52. The maximum atomic E-state index is 5.82. The van der Waals surface area contributed by atoms with Gasteiger partial charge in [-0.3, -0.25) is 4.68 Å². The van der Waals surface area contributed by atoms with Crippen molar-refractivity contribution in [3.8, 4) is 5.75 Å². The first-order chi connectivity index (χ1) is 9.26. The summed E-state index contributed by atoms with van der Waals surface area (Å²) in [6.07, 6.45) is 2.96. The zero-order chi connectivity index (χ0) is 13.7. The molecular weight excluding hydrogens is 238 g/mol. The van der Waals surface area contributed by atoms with Crippen LogP contribution in [-0.2, 0) is 7.05 Å². The monoisotopic (exact) mass is 259 g/mol. The fraction of sp³-hybridized carbons (Fsp3) is 0.400. The van der Waals surface area contributed by atoms with Gasteiger partial charge < -0.3 is 10.1 Å². The van der Waals surface area contributed by atoms with Gasteiger partial charge in [-0.15, -0.1) is 0 Å². The molecule has 0 amide bonds. The van der Waals surface area contributed by atoms with Gasteiger partial charge in [-0.05, 0) is 25.6 Å². The van der Waals surface area contributed by atoms with E-state index in [0.717, 1.165) is 30.0 Å². The molecule has 0 saturated carbocycles. The number of hydrogen-bond acceptors (Lipinski definition) is 3. The highest BCUT2D eigenvalue weighted by Crippen LogP contribution is 2.28. The lowest BCUT2D eigenvalue weighted by Gasteiger charge is -2.18. The number of rotatable bonds is 6. The third kappa shape index (κ3) is 3.15. The second-order valence-electron chi connectivity index (χ2n) is 4.52. The van der Waals surface area contributed by atoms with Crippen molar-refractivity contribution in [1.82, 2.24) is 15.1 Å². The summed E-state index contributed by atoms with van der Waals surface area (Å²) < 4.78 is 7.64.